The maximum absolute atomic E-state index is 13.8. The Bertz CT molecular complexity index is 1300. The van der Waals surface area contributed by atoms with E-state index >= 15 is 0 Å². The van der Waals surface area contributed by atoms with Crippen LogP contribution in [-0.2, 0) is 4.65 Å². The molecule has 192 valence electrons. The number of fused-ring (bicyclic) bond motifs is 4. The quantitative estimate of drug-likeness (QED) is 0.392. The van der Waals surface area contributed by atoms with Crippen molar-refractivity contribution in [2.24, 2.45) is 17.8 Å². The van der Waals surface area contributed by atoms with Gasteiger partial charge in [0.2, 0.25) is 0 Å². The largest absolute Gasteiger partial charge is 0.505 e. The van der Waals surface area contributed by atoms with Crippen molar-refractivity contribution >= 4 is 24.8 Å². The molecule has 0 bridgehead atoms. The summed E-state index contributed by atoms with van der Waals surface area (Å²) < 4.78 is 19.7. The molecule has 0 spiro atoms. The highest BCUT2D eigenvalue weighted by atomic mass is 19.1. The molecule has 0 unspecified atom stereocenters. The van der Waals surface area contributed by atoms with Gasteiger partial charge in [-0.3, -0.25) is 9.59 Å². The number of phenolic OH excluding ortho intramolecular Hbond substituents is 1. The molecule has 2 aromatic carbocycles. The van der Waals surface area contributed by atoms with Gasteiger partial charge in [0.25, 0.3) is 0 Å². The summed E-state index contributed by atoms with van der Waals surface area (Å²) in [6.45, 7) is 1.76. The minimum Gasteiger partial charge on any atom is -0.505 e. The molecule has 6 nitrogen and oxygen atoms in total. The first-order chi connectivity index (χ1) is 17.8. The Morgan fingerprint density at radius 2 is 1.86 bits per heavy atom. The first-order valence-electron chi connectivity index (χ1n) is 12.8. The van der Waals surface area contributed by atoms with Crippen molar-refractivity contribution in [3.63, 3.8) is 0 Å². The summed E-state index contributed by atoms with van der Waals surface area (Å²) in [5, 5.41) is 30.4. The number of ketones is 2. The molecule has 5 rings (SSSR count). The van der Waals surface area contributed by atoms with Crippen molar-refractivity contribution in [1.82, 2.24) is 0 Å². The van der Waals surface area contributed by atoms with Gasteiger partial charge in [0.15, 0.2) is 23.1 Å². The number of hydrogen-bond donors (Lipinski definition) is 3. The molecule has 1 aliphatic heterocycles. The van der Waals surface area contributed by atoms with E-state index in [4.69, 9.17) is 4.65 Å². The monoisotopic (exact) mass is 504 g/mol. The lowest BCUT2D eigenvalue weighted by Gasteiger charge is -2.47. The predicted octanol–water partition coefficient (Wildman–Crippen LogP) is 4.60. The Kier molecular flexibility index (Phi) is 7.16. The maximum atomic E-state index is 13.8. The van der Waals surface area contributed by atoms with E-state index in [0.29, 0.717) is 47.9 Å². The van der Waals surface area contributed by atoms with E-state index < -0.39 is 36.6 Å². The fraction of sp³-hybridized carbons (Fsp3) is 0.379. The van der Waals surface area contributed by atoms with Crippen LogP contribution in [-0.4, -0.2) is 46.6 Å². The van der Waals surface area contributed by atoms with Crippen LogP contribution in [0.4, 0.5) is 4.39 Å². The molecule has 0 aromatic heterocycles. The van der Waals surface area contributed by atoms with Gasteiger partial charge in [0.05, 0.1) is 12.7 Å². The van der Waals surface area contributed by atoms with E-state index in [9.17, 15) is 29.2 Å². The van der Waals surface area contributed by atoms with Gasteiger partial charge in [0, 0.05) is 23.0 Å². The number of hydrogen-bond acceptors (Lipinski definition) is 6. The number of carbonyl (C=O) groups excluding carboxylic acids is 2. The summed E-state index contributed by atoms with van der Waals surface area (Å²) in [7, 11) is -1.09. The Labute approximate surface area is 215 Å². The van der Waals surface area contributed by atoms with Crippen LogP contribution in [0.25, 0.3) is 6.08 Å². The second kappa shape index (κ2) is 10.4. The minimum absolute atomic E-state index is 0.0833. The summed E-state index contributed by atoms with van der Waals surface area (Å²) in [6.07, 6.45) is 3.66. The minimum atomic E-state index is -1.09. The molecule has 2 aliphatic carbocycles. The molecule has 1 heterocycles. The third-order valence-corrected chi connectivity index (χ3v) is 8.08. The van der Waals surface area contributed by atoms with E-state index in [1.807, 2.05) is 13.0 Å². The highest BCUT2D eigenvalue weighted by molar-refractivity contribution is 6.43. The normalized spacial score (nSPS) is 25.6. The zero-order chi connectivity index (χ0) is 26.3. The highest BCUT2D eigenvalue weighted by Gasteiger charge is 2.53. The molecule has 3 aliphatic rings. The number of allylic oxidation sites excluding steroid dienone is 1. The summed E-state index contributed by atoms with van der Waals surface area (Å²) in [5.74, 6) is -2.79. The number of benzene rings is 2. The molecule has 8 heteroatoms. The van der Waals surface area contributed by atoms with Crippen molar-refractivity contribution in [2.75, 3.05) is 6.61 Å². The lowest BCUT2D eigenvalue weighted by molar-refractivity contribution is 0.0590. The van der Waals surface area contributed by atoms with E-state index in [-0.39, 0.29) is 30.4 Å². The van der Waals surface area contributed by atoms with Crippen LogP contribution in [0.1, 0.15) is 58.9 Å². The van der Waals surface area contributed by atoms with Gasteiger partial charge in [0.1, 0.15) is 0 Å². The molecule has 1 fully saturated rings. The number of Topliss-reactive ketones (excluding diaryl/α,β-unsaturated/α-hetero) is 2. The highest BCUT2D eigenvalue weighted by Crippen LogP contribution is 2.50. The average molecular weight is 504 g/mol. The van der Waals surface area contributed by atoms with Crippen molar-refractivity contribution in [3.05, 3.63) is 81.7 Å². The zero-order valence-electron chi connectivity index (χ0n) is 20.7. The van der Waals surface area contributed by atoms with E-state index in [1.54, 1.807) is 30.3 Å². The molecule has 4 atom stereocenters. The summed E-state index contributed by atoms with van der Waals surface area (Å²) >= 11 is 0. The van der Waals surface area contributed by atoms with Crippen LogP contribution < -0.4 is 0 Å². The molecule has 0 amide bonds. The number of carbonyl (C=O) groups is 2. The first-order valence-corrected chi connectivity index (χ1v) is 12.8. The van der Waals surface area contributed by atoms with Crippen LogP contribution >= 0.6 is 0 Å². The Morgan fingerprint density at radius 3 is 2.54 bits per heavy atom. The Balaban J connectivity index is 1.44. The molecular weight excluding hydrogens is 474 g/mol. The van der Waals surface area contributed by atoms with Gasteiger partial charge < -0.3 is 19.9 Å². The SMILES string of the molecule is CC/C(=C\c1ccc(O)c(F)c1)CC[C@H]1OB(O)C[C@H]2C1=C(CO)C[C@H]1C(=O)c3ccccc3C(=O)[C@H]12. The third kappa shape index (κ3) is 4.69. The third-order valence-electron chi connectivity index (χ3n) is 8.08. The maximum Gasteiger partial charge on any atom is 0.455 e. The fourth-order valence-electron chi connectivity index (χ4n) is 6.33. The van der Waals surface area contributed by atoms with Crippen LogP contribution in [0, 0.1) is 23.6 Å². The van der Waals surface area contributed by atoms with Crippen LogP contribution in [0.3, 0.4) is 0 Å². The van der Waals surface area contributed by atoms with Crippen LogP contribution in [0.5, 0.6) is 5.75 Å². The molecule has 37 heavy (non-hydrogen) atoms. The van der Waals surface area contributed by atoms with Crippen LogP contribution in [0.2, 0.25) is 6.32 Å². The summed E-state index contributed by atoms with van der Waals surface area (Å²) in [5.41, 5.74) is 4.07. The second-order valence-corrected chi connectivity index (χ2v) is 10.2. The van der Waals surface area contributed by atoms with Gasteiger partial charge in [-0.1, -0.05) is 48.9 Å². The standard InChI is InChI=1S/C29H30BFO6/c1-2-16(11-17-7-9-24(33)23(31)12-17)8-10-25-26-18(15-32)13-21-27(22(26)14-30(36)37-25)29(35)20-6-4-3-5-19(20)28(21)34/h3-7,9,11-12,21-22,25,27,32-33,36H,2,8,10,13-15H2,1H3/b16-11+/t21-,22+,25-,27-/m1/s1. The Hall–Kier alpha value is -3.07. The van der Waals surface area contributed by atoms with Gasteiger partial charge >= 0.3 is 7.12 Å². The first kappa shape index (κ1) is 25.6. The average Bonchev–Trinajstić information content (AvgIpc) is 2.90. The van der Waals surface area contributed by atoms with E-state index in [1.165, 1.54) is 12.1 Å². The smallest absolute Gasteiger partial charge is 0.455 e. The molecule has 1 saturated heterocycles. The number of rotatable bonds is 6. The lowest BCUT2D eigenvalue weighted by Crippen LogP contribution is -2.51. The van der Waals surface area contributed by atoms with Crippen LogP contribution in [0.15, 0.2) is 59.2 Å². The topological polar surface area (TPSA) is 104 Å². The molecular formula is C29H30BFO6. The molecule has 0 saturated carbocycles. The van der Waals surface area contributed by atoms with Crippen molar-refractivity contribution in [1.29, 1.82) is 0 Å². The molecule has 0 radical (unpaired) electrons. The van der Waals surface area contributed by atoms with Crippen molar-refractivity contribution in [2.45, 2.75) is 45.0 Å². The number of halogens is 1. The van der Waals surface area contributed by atoms with Crippen molar-refractivity contribution < 1.29 is 33.9 Å². The van der Waals surface area contributed by atoms with Gasteiger partial charge in [-0.25, -0.2) is 4.39 Å². The fourth-order valence-corrected chi connectivity index (χ4v) is 6.33. The number of aliphatic hydroxyl groups is 1. The van der Waals surface area contributed by atoms with E-state index in [0.717, 1.165) is 11.1 Å². The number of aliphatic hydroxyl groups excluding tert-OH is 1. The molecule has 3 N–H and O–H groups in total. The van der Waals surface area contributed by atoms with Crippen molar-refractivity contribution in [3.8, 4) is 5.75 Å². The summed E-state index contributed by atoms with van der Waals surface area (Å²) in [6, 6.07) is 11.1. The van der Waals surface area contributed by atoms with Gasteiger partial charge in [-0.05, 0) is 66.8 Å². The number of phenols is 1. The Morgan fingerprint density at radius 1 is 1.14 bits per heavy atom. The summed E-state index contributed by atoms with van der Waals surface area (Å²) in [4.78, 5) is 27.0. The van der Waals surface area contributed by atoms with E-state index in [2.05, 4.69) is 0 Å². The van der Waals surface area contributed by atoms with Gasteiger partial charge in [-0.2, -0.15) is 0 Å². The number of aromatic hydroxyl groups is 1. The van der Waals surface area contributed by atoms with Gasteiger partial charge in [-0.15, -0.1) is 0 Å². The second-order valence-electron chi connectivity index (χ2n) is 10.2. The zero-order valence-corrected chi connectivity index (χ0v) is 20.7. The molecule has 2 aromatic rings. The predicted molar refractivity (Wildman–Crippen MR) is 138 cm³/mol. The lowest BCUT2D eigenvalue weighted by atomic mass is 9.54.